The maximum absolute atomic E-state index is 12.1. The minimum atomic E-state index is -4.86. The predicted octanol–water partition coefficient (Wildman–Crippen LogP) is 3.59. The maximum atomic E-state index is 12.1. The molecule has 1 aliphatic rings. The van der Waals surface area contributed by atoms with E-state index in [2.05, 4.69) is 0 Å². The molecule has 0 radical (unpaired) electrons. The van der Waals surface area contributed by atoms with Crippen LogP contribution in [0.25, 0.3) is 0 Å². The van der Waals surface area contributed by atoms with Gasteiger partial charge >= 0.3 is 13.2 Å². The Morgan fingerprint density at radius 2 is 1.40 bits per heavy atom. The van der Waals surface area contributed by atoms with Crippen molar-refractivity contribution in [2.24, 2.45) is 0 Å². The lowest BCUT2D eigenvalue weighted by atomic mass is 10.2. The first kappa shape index (κ1) is 13.4. The van der Waals surface area contributed by atoms with E-state index in [1.54, 1.807) is 24.3 Å². The molecule has 2 N–H and O–H groups in total. The Labute approximate surface area is 119 Å². The lowest BCUT2D eigenvalue weighted by Crippen LogP contribution is -2.26. The standard InChI is InChI=1S/C13H10NO4PS/c15-13(19(16,17)18)14-9-5-1-3-7-11(9)20-12-8-4-2-6-10(12)14/h1-8H,(H2,16,17,18). The summed E-state index contributed by atoms with van der Waals surface area (Å²) in [6, 6.07) is 14.1. The van der Waals surface area contributed by atoms with Crippen molar-refractivity contribution >= 4 is 36.4 Å². The normalized spacial score (nSPS) is 13.6. The molecule has 0 bridgehead atoms. The fourth-order valence-electron chi connectivity index (χ4n) is 2.04. The molecule has 0 aliphatic carbocycles. The monoisotopic (exact) mass is 307 g/mol. The van der Waals surface area contributed by atoms with Gasteiger partial charge in [0.25, 0.3) is 0 Å². The van der Waals surface area contributed by atoms with Crippen molar-refractivity contribution < 1.29 is 19.1 Å². The zero-order chi connectivity index (χ0) is 14.3. The quantitative estimate of drug-likeness (QED) is 0.787. The van der Waals surface area contributed by atoms with E-state index >= 15 is 0 Å². The van der Waals surface area contributed by atoms with Gasteiger partial charge in [0.15, 0.2) is 0 Å². The molecule has 102 valence electrons. The summed E-state index contributed by atoms with van der Waals surface area (Å²) in [5.74, 6) is 0. The summed E-state index contributed by atoms with van der Waals surface area (Å²) in [6.07, 6.45) is 0. The van der Waals surface area contributed by atoms with E-state index in [0.717, 1.165) is 14.7 Å². The van der Waals surface area contributed by atoms with E-state index in [4.69, 9.17) is 0 Å². The molecule has 7 heteroatoms. The summed E-state index contributed by atoms with van der Waals surface area (Å²) in [7, 11) is -4.86. The highest BCUT2D eigenvalue weighted by Crippen LogP contribution is 2.52. The molecule has 2 aromatic carbocycles. The van der Waals surface area contributed by atoms with Crippen LogP contribution < -0.4 is 4.90 Å². The van der Waals surface area contributed by atoms with Crippen LogP contribution in [0.1, 0.15) is 0 Å². The Morgan fingerprint density at radius 1 is 0.950 bits per heavy atom. The van der Waals surface area contributed by atoms with Gasteiger partial charge in [0.05, 0.1) is 11.4 Å². The second kappa shape index (κ2) is 4.75. The summed E-state index contributed by atoms with van der Waals surface area (Å²) in [5.41, 5.74) is -0.230. The van der Waals surface area contributed by atoms with Crippen molar-refractivity contribution in [2.45, 2.75) is 9.79 Å². The fraction of sp³-hybridized carbons (Fsp3) is 0. The predicted molar refractivity (Wildman–Crippen MR) is 76.6 cm³/mol. The number of anilines is 2. The van der Waals surface area contributed by atoms with Crippen LogP contribution in [0.3, 0.4) is 0 Å². The summed E-state index contributed by atoms with van der Waals surface area (Å²) in [4.78, 5) is 33.2. The first-order chi connectivity index (χ1) is 9.48. The minimum Gasteiger partial charge on any atom is -0.318 e. The van der Waals surface area contributed by atoms with Crippen molar-refractivity contribution in [3.8, 4) is 0 Å². The Kier molecular flexibility index (Phi) is 3.18. The maximum Gasteiger partial charge on any atom is 0.414 e. The number of fused-ring (bicyclic) bond motifs is 2. The van der Waals surface area contributed by atoms with Crippen LogP contribution in [-0.4, -0.2) is 15.4 Å². The molecule has 1 heterocycles. The van der Waals surface area contributed by atoms with Gasteiger partial charge in [-0.15, -0.1) is 0 Å². The third-order valence-corrected chi connectivity index (χ3v) is 4.70. The minimum absolute atomic E-state index is 0.490. The zero-order valence-electron chi connectivity index (χ0n) is 10.1. The molecule has 0 saturated carbocycles. The third-order valence-electron chi connectivity index (χ3n) is 2.87. The number of benzene rings is 2. The number of para-hydroxylation sites is 2. The van der Waals surface area contributed by atoms with E-state index in [9.17, 15) is 19.1 Å². The van der Waals surface area contributed by atoms with Gasteiger partial charge in [0, 0.05) is 9.79 Å². The van der Waals surface area contributed by atoms with Gasteiger partial charge in [0.2, 0.25) is 0 Å². The van der Waals surface area contributed by atoms with Crippen molar-refractivity contribution in [2.75, 3.05) is 4.90 Å². The second-order valence-corrected chi connectivity index (χ2v) is 6.75. The van der Waals surface area contributed by atoms with Crippen LogP contribution in [0.5, 0.6) is 0 Å². The van der Waals surface area contributed by atoms with E-state index in [0.29, 0.717) is 11.4 Å². The average molecular weight is 307 g/mol. The van der Waals surface area contributed by atoms with E-state index in [1.165, 1.54) is 11.8 Å². The van der Waals surface area contributed by atoms with Gasteiger partial charge < -0.3 is 9.79 Å². The SMILES string of the molecule is O=C(N1c2ccccc2Sc2ccccc21)P(=O)(O)O. The largest absolute Gasteiger partial charge is 0.414 e. The molecular weight excluding hydrogens is 297 g/mol. The molecule has 0 fully saturated rings. The Bertz CT molecular complexity index is 697. The molecule has 5 nitrogen and oxygen atoms in total. The average Bonchev–Trinajstić information content (AvgIpc) is 2.43. The zero-order valence-corrected chi connectivity index (χ0v) is 11.8. The first-order valence-corrected chi connectivity index (χ1v) is 8.17. The van der Waals surface area contributed by atoms with Gasteiger partial charge in [-0.3, -0.25) is 9.69 Å². The lowest BCUT2D eigenvalue weighted by molar-refractivity contribution is 0.255. The number of hydrogen-bond donors (Lipinski definition) is 2. The highest BCUT2D eigenvalue weighted by molar-refractivity contribution is 7.99. The van der Waals surface area contributed by atoms with E-state index in [1.807, 2.05) is 24.3 Å². The highest BCUT2D eigenvalue weighted by Gasteiger charge is 2.37. The van der Waals surface area contributed by atoms with Gasteiger partial charge in [-0.1, -0.05) is 36.0 Å². The van der Waals surface area contributed by atoms with Crippen LogP contribution in [0, 0.1) is 0 Å². The number of rotatable bonds is 1. The summed E-state index contributed by atoms with van der Waals surface area (Å²) >= 11 is 1.47. The fourth-order valence-corrected chi connectivity index (χ4v) is 3.57. The van der Waals surface area contributed by atoms with E-state index < -0.39 is 13.2 Å². The third kappa shape index (κ3) is 2.17. The summed E-state index contributed by atoms with van der Waals surface area (Å²) in [6.45, 7) is 0. The molecule has 20 heavy (non-hydrogen) atoms. The molecule has 0 unspecified atom stereocenters. The lowest BCUT2D eigenvalue weighted by Gasteiger charge is -2.30. The first-order valence-electron chi connectivity index (χ1n) is 5.74. The molecule has 0 saturated heterocycles. The highest BCUT2D eigenvalue weighted by atomic mass is 32.2. The van der Waals surface area contributed by atoms with Crippen LogP contribution in [0.2, 0.25) is 0 Å². The molecule has 2 aromatic rings. The van der Waals surface area contributed by atoms with Crippen molar-refractivity contribution in [1.29, 1.82) is 0 Å². The van der Waals surface area contributed by atoms with Gasteiger partial charge in [-0.05, 0) is 24.3 Å². The Morgan fingerprint density at radius 3 is 1.85 bits per heavy atom. The van der Waals surface area contributed by atoms with E-state index in [-0.39, 0.29) is 0 Å². The molecule has 0 aromatic heterocycles. The molecular formula is C13H10NO4PS. The van der Waals surface area contributed by atoms with Crippen molar-refractivity contribution in [3.05, 3.63) is 48.5 Å². The van der Waals surface area contributed by atoms with Crippen LogP contribution in [0.4, 0.5) is 16.2 Å². The van der Waals surface area contributed by atoms with Gasteiger partial charge in [-0.25, -0.2) is 4.57 Å². The molecule has 0 spiro atoms. The second-order valence-electron chi connectivity index (χ2n) is 4.20. The van der Waals surface area contributed by atoms with Crippen LogP contribution in [-0.2, 0) is 4.57 Å². The molecule has 1 amide bonds. The van der Waals surface area contributed by atoms with Crippen LogP contribution in [0.15, 0.2) is 58.3 Å². The number of nitrogens with zero attached hydrogens (tertiary/aromatic N) is 1. The number of hydrogen-bond acceptors (Lipinski definition) is 3. The molecule has 0 atom stereocenters. The van der Waals surface area contributed by atoms with Gasteiger partial charge in [0.1, 0.15) is 0 Å². The smallest absolute Gasteiger partial charge is 0.318 e. The number of carbonyl (C=O) groups excluding carboxylic acids is 1. The van der Waals surface area contributed by atoms with Crippen LogP contribution >= 0.6 is 19.4 Å². The van der Waals surface area contributed by atoms with Crippen molar-refractivity contribution in [1.82, 2.24) is 0 Å². The Balaban J connectivity index is 2.23. The van der Waals surface area contributed by atoms with Gasteiger partial charge in [-0.2, -0.15) is 0 Å². The summed E-state index contributed by atoms with van der Waals surface area (Å²) in [5, 5.41) is 0. The molecule has 3 rings (SSSR count). The topological polar surface area (TPSA) is 77.8 Å². The number of amides is 1. The summed E-state index contributed by atoms with van der Waals surface area (Å²) < 4.78 is 11.3. The van der Waals surface area contributed by atoms with Crippen molar-refractivity contribution in [3.63, 3.8) is 0 Å². The number of carbonyl (C=O) groups is 1. The molecule has 1 aliphatic heterocycles. The Hall–Kier alpha value is -1.59.